The van der Waals surface area contributed by atoms with Crippen LogP contribution in [0, 0.1) is 0 Å². The lowest BCUT2D eigenvalue weighted by Crippen LogP contribution is -2.00. The molecule has 0 atom stereocenters. The van der Waals surface area contributed by atoms with E-state index in [1.807, 2.05) is 38.2 Å². The van der Waals surface area contributed by atoms with Crippen LogP contribution in [-0.2, 0) is 0 Å². The lowest BCUT2D eigenvalue weighted by atomic mass is 9.94. The first-order valence-corrected chi connectivity index (χ1v) is 5.82. The van der Waals surface area contributed by atoms with E-state index >= 15 is 0 Å². The maximum absolute atomic E-state index is 5.72. The van der Waals surface area contributed by atoms with Gasteiger partial charge < -0.3 is 0 Å². The molecule has 0 fully saturated rings. The number of hydrogen-bond acceptors (Lipinski definition) is 1. The van der Waals surface area contributed by atoms with Gasteiger partial charge >= 0.3 is 0 Å². The van der Waals surface area contributed by atoms with E-state index in [4.69, 9.17) is 7.85 Å². The Balaban J connectivity index is 0.000000606. The van der Waals surface area contributed by atoms with Gasteiger partial charge in [0.15, 0.2) is 0 Å². The monoisotopic (exact) mass is 211 g/mol. The molecule has 1 heterocycles. The van der Waals surface area contributed by atoms with E-state index in [-0.39, 0.29) is 0 Å². The van der Waals surface area contributed by atoms with Crippen LogP contribution >= 0.6 is 0 Å². The molecule has 82 valence electrons. The van der Waals surface area contributed by atoms with Gasteiger partial charge in [-0.15, -0.1) is 0 Å². The third-order valence-electron chi connectivity index (χ3n) is 2.39. The van der Waals surface area contributed by atoms with Gasteiger partial charge in [-0.05, 0) is 29.0 Å². The summed E-state index contributed by atoms with van der Waals surface area (Å²) in [7, 11) is 5.72. The van der Waals surface area contributed by atoms with Crippen LogP contribution < -0.4 is 5.46 Å². The summed E-state index contributed by atoms with van der Waals surface area (Å²) >= 11 is 0. The van der Waals surface area contributed by atoms with Crippen LogP contribution in [0.25, 0.3) is 10.9 Å². The van der Waals surface area contributed by atoms with Crippen molar-refractivity contribution in [2.45, 2.75) is 33.6 Å². The third kappa shape index (κ3) is 2.85. The molecule has 2 radical (unpaired) electrons. The molecule has 0 amide bonds. The number of benzene rings is 1. The average molecular weight is 211 g/mol. The summed E-state index contributed by atoms with van der Waals surface area (Å²) in [6.45, 7) is 8.32. The Kier molecular flexibility index (Phi) is 4.54. The molecule has 16 heavy (non-hydrogen) atoms. The summed E-state index contributed by atoms with van der Waals surface area (Å²) in [5, 5.41) is 1.12. The topological polar surface area (TPSA) is 12.9 Å². The van der Waals surface area contributed by atoms with E-state index in [1.165, 1.54) is 5.56 Å². The van der Waals surface area contributed by atoms with Crippen molar-refractivity contribution >= 4 is 24.2 Å². The zero-order chi connectivity index (χ0) is 12.1. The zero-order valence-corrected chi connectivity index (χ0v) is 10.5. The molecule has 0 N–H and O–H groups in total. The summed E-state index contributed by atoms with van der Waals surface area (Å²) in [5.74, 6) is 0.508. The summed E-state index contributed by atoms with van der Waals surface area (Å²) < 4.78 is 0. The number of fused-ring (bicyclic) bond motifs is 1. The van der Waals surface area contributed by atoms with E-state index in [9.17, 15) is 0 Å². The van der Waals surface area contributed by atoms with Gasteiger partial charge in [-0.2, -0.15) is 0 Å². The predicted octanol–water partition coefficient (Wildman–Crippen LogP) is 3.18. The number of nitrogens with zero attached hydrogens (tertiary/aromatic N) is 1. The zero-order valence-electron chi connectivity index (χ0n) is 10.5. The SMILES string of the molecule is CC.[B]c1ccc2ncc(C(C)C)cc2c1. The second-order valence-corrected chi connectivity index (χ2v) is 3.88. The van der Waals surface area contributed by atoms with Crippen molar-refractivity contribution in [3.63, 3.8) is 0 Å². The van der Waals surface area contributed by atoms with Gasteiger partial charge in [0, 0.05) is 6.20 Å². The molecule has 0 bridgehead atoms. The molecule has 0 spiro atoms. The van der Waals surface area contributed by atoms with Crippen molar-refractivity contribution in [2.75, 3.05) is 0 Å². The Morgan fingerprint density at radius 2 is 1.81 bits per heavy atom. The van der Waals surface area contributed by atoms with E-state index in [1.54, 1.807) is 0 Å². The molecule has 0 saturated carbocycles. The molecule has 2 rings (SSSR count). The number of pyridine rings is 1. The maximum Gasteiger partial charge on any atom is 0.113 e. The Morgan fingerprint density at radius 3 is 2.44 bits per heavy atom. The first-order valence-electron chi connectivity index (χ1n) is 5.82. The third-order valence-corrected chi connectivity index (χ3v) is 2.39. The lowest BCUT2D eigenvalue weighted by Gasteiger charge is -2.06. The largest absolute Gasteiger partial charge is 0.256 e. The quantitative estimate of drug-likeness (QED) is 0.660. The highest BCUT2D eigenvalue weighted by molar-refractivity contribution is 6.33. The summed E-state index contributed by atoms with van der Waals surface area (Å²) in [6.07, 6.45) is 1.93. The molecule has 0 aliphatic carbocycles. The van der Waals surface area contributed by atoms with Crippen molar-refractivity contribution in [1.29, 1.82) is 0 Å². The van der Waals surface area contributed by atoms with Crippen LogP contribution in [0.4, 0.5) is 0 Å². The minimum Gasteiger partial charge on any atom is -0.256 e. The summed E-state index contributed by atoms with van der Waals surface area (Å²) in [5.41, 5.74) is 3.05. The lowest BCUT2D eigenvalue weighted by molar-refractivity contribution is 0.862. The van der Waals surface area contributed by atoms with E-state index in [2.05, 4.69) is 24.9 Å². The molecule has 0 aliphatic heterocycles. The number of rotatable bonds is 1. The smallest absolute Gasteiger partial charge is 0.113 e. The van der Waals surface area contributed by atoms with Crippen molar-refractivity contribution in [1.82, 2.24) is 4.98 Å². The van der Waals surface area contributed by atoms with Gasteiger partial charge in [0.2, 0.25) is 0 Å². The molecular weight excluding hydrogens is 193 g/mol. The normalized spacial score (nSPS) is 10.1. The van der Waals surface area contributed by atoms with Crippen LogP contribution in [0.3, 0.4) is 0 Å². The van der Waals surface area contributed by atoms with E-state index < -0.39 is 0 Å². The van der Waals surface area contributed by atoms with E-state index in [0.717, 1.165) is 16.4 Å². The minimum absolute atomic E-state index is 0.508. The van der Waals surface area contributed by atoms with E-state index in [0.29, 0.717) is 5.92 Å². The number of aromatic nitrogens is 1. The minimum atomic E-state index is 0.508. The van der Waals surface area contributed by atoms with Crippen molar-refractivity contribution < 1.29 is 0 Å². The average Bonchev–Trinajstić information content (AvgIpc) is 2.30. The molecule has 2 aromatic rings. The molecule has 2 heteroatoms. The number of hydrogen-bond donors (Lipinski definition) is 0. The molecule has 1 aromatic carbocycles. The highest BCUT2D eigenvalue weighted by Crippen LogP contribution is 2.17. The molecule has 0 unspecified atom stereocenters. The van der Waals surface area contributed by atoms with Gasteiger partial charge in [-0.1, -0.05) is 45.3 Å². The Labute approximate surface area is 99.3 Å². The Hall–Kier alpha value is -1.31. The van der Waals surface area contributed by atoms with Crippen LogP contribution in [0.5, 0.6) is 0 Å². The molecule has 0 aliphatic rings. The fourth-order valence-electron chi connectivity index (χ4n) is 1.48. The van der Waals surface area contributed by atoms with Gasteiger partial charge in [-0.25, -0.2) is 0 Å². The first-order chi connectivity index (χ1) is 7.66. The maximum atomic E-state index is 5.72. The van der Waals surface area contributed by atoms with Gasteiger partial charge in [-0.3, -0.25) is 4.98 Å². The first kappa shape index (κ1) is 12.8. The van der Waals surface area contributed by atoms with Gasteiger partial charge in [0.05, 0.1) is 5.52 Å². The highest BCUT2D eigenvalue weighted by atomic mass is 14.6. The predicted molar refractivity (Wildman–Crippen MR) is 72.6 cm³/mol. The molecule has 1 nitrogen and oxygen atoms in total. The standard InChI is InChI=1S/C12H12BN.C2H6/c1-8(2)10-5-9-6-11(13)3-4-12(9)14-7-10;1-2/h3-8H,1-2H3;1-2H3. The van der Waals surface area contributed by atoms with Crippen molar-refractivity contribution in [3.05, 3.63) is 36.0 Å². The molecular formula is C14H18BN. The van der Waals surface area contributed by atoms with Crippen LogP contribution in [-0.4, -0.2) is 12.8 Å². The second-order valence-electron chi connectivity index (χ2n) is 3.88. The molecule has 1 aromatic heterocycles. The summed E-state index contributed by atoms with van der Waals surface area (Å²) in [6, 6.07) is 7.96. The fraction of sp³-hybridized carbons (Fsp3) is 0.357. The highest BCUT2D eigenvalue weighted by Gasteiger charge is 2.01. The van der Waals surface area contributed by atoms with Crippen LogP contribution in [0.1, 0.15) is 39.2 Å². The van der Waals surface area contributed by atoms with Crippen LogP contribution in [0.15, 0.2) is 30.5 Å². The van der Waals surface area contributed by atoms with Gasteiger partial charge in [0.25, 0.3) is 0 Å². The second kappa shape index (κ2) is 5.69. The fourth-order valence-corrected chi connectivity index (χ4v) is 1.48. The Bertz CT molecular complexity index is 463. The summed E-state index contributed by atoms with van der Waals surface area (Å²) in [4.78, 5) is 4.39. The van der Waals surface area contributed by atoms with Crippen molar-refractivity contribution in [3.8, 4) is 0 Å². The Morgan fingerprint density at radius 1 is 1.12 bits per heavy atom. The van der Waals surface area contributed by atoms with Crippen molar-refractivity contribution in [2.24, 2.45) is 0 Å². The van der Waals surface area contributed by atoms with Gasteiger partial charge in [0.1, 0.15) is 7.85 Å². The van der Waals surface area contributed by atoms with Crippen LogP contribution in [0.2, 0.25) is 0 Å². The molecule has 0 saturated heterocycles.